The average Bonchev–Trinajstić information content (AvgIpc) is 2.46. The molecule has 1 aromatic rings. The summed E-state index contributed by atoms with van der Waals surface area (Å²) >= 11 is 2.21. The molecule has 0 aromatic heterocycles. The molecule has 0 spiro atoms. The van der Waals surface area contributed by atoms with Crippen LogP contribution in [-0.2, 0) is 19.7 Å². The molecule has 114 valence electrons. The second-order valence-corrected chi connectivity index (χ2v) is 6.80. The maximum Gasteiger partial charge on any atom is 0.316 e. The van der Waals surface area contributed by atoms with Gasteiger partial charge in [-0.05, 0) is 67.5 Å². The molecule has 1 aromatic carbocycles. The number of nitrogens with zero attached hydrogens (tertiary/aromatic N) is 1. The molecule has 0 N–H and O–H groups in total. The maximum absolute atomic E-state index is 12.2. The molecular formula is C16H20INO3. The Bertz CT molecular complexity index is 551. The van der Waals surface area contributed by atoms with E-state index in [1.54, 1.807) is 13.8 Å². The molecule has 0 bridgehead atoms. The number of carbonyl (C=O) groups excluding carboxylic acids is 1. The van der Waals surface area contributed by atoms with Gasteiger partial charge in [0.05, 0.1) is 25.2 Å². The number of nitriles is 1. The van der Waals surface area contributed by atoms with Crippen LogP contribution in [0.2, 0.25) is 0 Å². The molecule has 0 aliphatic carbocycles. The molecule has 1 rings (SSSR count). The lowest BCUT2D eigenvalue weighted by atomic mass is 9.79. The standard InChI is InChI=1S/C16H20INO3/c1-15(2,11-18)21-9-8-16(3,14(19)20-4)12-6-5-7-13(17)10-12/h5-7,10H,8-9H2,1-4H3. The van der Waals surface area contributed by atoms with E-state index in [0.717, 1.165) is 9.13 Å². The molecule has 4 nitrogen and oxygen atoms in total. The number of esters is 1. The van der Waals surface area contributed by atoms with Gasteiger partial charge in [-0.3, -0.25) is 4.79 Å². The van der Waals surface area contributed by atoms with Crippen molar-refractivity contribution in [3.05, 3.63) is 33.4 Å². The highest BCUT2D eigenvalue weighted by Crippen LogP contribution is 2.30. The highest BCUT2D eigenvalue weighted by Gasteiger charge is 2.36. The van der Waals surface area contributed by atoms with E-state index in [2.05, 4.69) is 28.7 Å². The Kier molecular flexibility index (Phi) is 6.17. The van der Waals surface area contributed by atoms with E-state index in [0.29, 0.717) is 13.0 Å². The number of halogens is 1. The van der Waals surface area contributed by atoms with Crippen LogP contribution in [0.1, 0.15) is 32.8 Å². The zero-order valence-electron chi connectivity index (χ0n) is 12.8. The number of ether oxygens (including phenoxy) is 2. The third-order valence-electron chi connectivity index (χ3n) is 3.43. The summed E-state index contributed by atoms with van der Waals surface area (Å²) in [6, 6.07) is 9.84. The number of hydrogen-bond acceptors (Lipinski definition) is 4. The van der Waals surface area contributed by atoms with Gasteiger partial charge in [0, 0.05) is 3.57 Å². The molecule has 1 atom stereocenters. The Balaban J connectivity index is 2.96. The van der Waals surface area contributed by atoms with E-state index in [4.69, 9.17) is 14.7 Å². The van der Waals surface area contributed by atoms with Crippen LogP contribution in [0.25, 0.3) is 0 Å². The van der Waals surface area contributed by atoms with E-state index in [1.165, 1.54) is 7.11 Å². The Hall–Kier alpha value is -1.13. The van der Waals surface area contributed by atoms with E-state index in [9.17, 15) is 4.79 Å². The fourth-order valence-electron chi connectivity index (χ4n) is 1.96. The van der Waals surface area contributed by atoms with Crippen molar-refractivity contribution >= 4 is 28.6 Å². The fraction of sp³-hybridized carbons (Fsp3) is 0.500. The third-order valence-corrected chi connectivity index (χ3v) is 4.10. The second-order valence-electron chi connectivity index (χ2n) is 5.55. The number of carbonyl (C=O) groups is 1. The van der Waals surface area contributed by atoms with Gasteiger partial charge in [-0.2, -0.15) is 5.26 Å². The molecule has 0 heterocycles. The molecule has 0 saturated heterocycles. The van der Waals surface area contributed by atoms with Crippen LogP contribution >= 0.6 is 22.6 Å². The molecule has 0 radical (unpaired) electrons. The lowest BCUT2D eigenvalue weighted by Gasteiger charge is -2.28. The van der Waals surface area contributed by atoms with Crippen LogP contribution < -0.4 is 0 Å². The van der Waals surface area contributed by atoms with Crippen LogP contribution in [0.5, 0.6) is 0 Å². The van der Waals surface area contributed by atoms with Crippen molar-refractivity contribution in [2.24, 2.45) is 0 Å². The quantitative estimate of drug-likeness (QED) is 0.542. The van der Waals surface area contributed by atoms with Crippen molar-refractivity contribution in [2.75, 3.05) is 13.7 Å². The summed E-state index contributed by atoms with van der Waals surface area (Å²) in [4.78, 5) is 12.2. The molecule has 0 aliphatic heterocycles. The van der Waals surface area contributed by atoms with Gasteiger partial charge in [-0.1, -0.05) is 12.1 Å². The third kappa shape index (κ3) is 4.68. The first-order valence-electron chi connectivity index (χ1n) is 6.65. The van der Waals surface area contributed by atoms with Crippen LogP contribution in [-0.4, -0.2) is 25.3 Å². The molecule has 5 heteroatoms. The minimum Gasteiger partial charge on any atom is -0.468 e. The lowest BCUT2D eigenvalue weighted by Crippen LogP contribution is -2.36. The van der Waals surface area contributed by atoms with Gasteiger partial charge in [0.25, 0.3) is 0 Å². The van der Waals surface area contributed by atoms with E-state index in [1.807, 2.05) is 31.2 Å². The number of methoxy groups -OCH3 is 1. The number of rotatable bonds is 6. The molecule has 0 fully saturated rings. The topological polar surface area (TPSA) is 59.3 Å². The summed E-state index contributed by atoms with van der Waals surface area (Å²) in [5.74, 6) is -0.303. The van der Waals surface area contributed by atoms with E-state index < -0.39 is 11.0 Å². The molecule has 0 amide bonds. The molecule has 21 heavy (non-hydrogen) atoms. The van der Waals surface area contributed by atoms with Gasteiger partial charge in [0.2, 0.25) is 0 Å². The van der Waals surface area contributed by atoms with E-state index in [-0.39, 0.29) is 5.97 Å². The summed E-state index contributed by atoms with van der Waals surface area (Å²) < 4.78 is 11.6. The van der Waals surface area contributed by atoms with Gasteiger partial charge in [-0.15, -0.1) is 0 Å². The van der Waals surface area contributed by atoms with Crippen molar-refractivity contribution in [2.45, 2.75) is 38.2 Å². The Morgan fingerprint density at radius 1 is 1.38 bits per heavy atom. The summed E-state index contributed by atoms with van der Waals surface area (Å²) in [6.07, 6.45) is 0.449. The molecule has 0 aliphatic rings. The van der Waals surface area contributed by atoms with Crippen molar-refractivity contribution in [1.82, 2.24) is 0 Å². The van der Waals surface area contributed by atoms with Crippen molar-refractivity contribution in [3.63, 3.8) is 0 Å². The maximum atomic E-state index is 12.2. The number of hydrogen-bond donors (Lipinski definition) is 0. The summed E-state index contributed by atoms with van der Waals surface area (Å²) in [5.41, 5.74) is -0.761. The second kappa shape index (κ2) is 7.23. The van der Waals surface area contributed by atoms with Crippen molar-refractivity contribution in [3.8, 4) is 6.07 Å². The minimum atomic E-state index is -0.859. The van der Waals surface area contributed by atoms with Gasteiger partial charge in [-0.25, -0.2) is 0 Å². The summed E-state index contributed by atoms with van der Waals surface area (Å²) in [6.45, 7) is 5.55. The van der Waals surface area contributed by atoms with Gasteiger partial charge in [0.15, 0.2) is 0 Å². The first-order chi connectivity index (χ1) is 9.75. The molecule has 1 unspecified atom stereocenters. The highest BCUT2D eigenvalue weighted by molar-refractivity contribution is 14.1. The largest absolute Gasteiger partial charge is 0.468 e. The Labute approximate surface area is 139 Å². The summed E-state index contributed by atoms with van der Waals surface area (Å²) in [7, 11) is 1.38. The van der Waals surface area contributed by atoms with Gasteiger partial charge < -0.3 is 9.47 Å². The zero-order valence-corrected chi connectivity index (χ0v) is 14.9. The zero-order chi connectivity index (χ0) is 16.1. The van der Waals surface area contributed by atoms with E-state index >= 15 is 0 Å². The Morgan fingerprint density at radius 3 is 2.57 bits per heavy atom. The van der Waals surface area contributed by atoms with Crippen molar-refractivity contribution in [1.29, 1.82) is 5.26 Å². The smallest absolute Gasteiger partial charge is 0.316 e. The lowest BCUT2D eigenvalue weighted by molar-refractivity contribution is -0.148. The molecule has 0 saturated carbocycles. The summed E-state index contributed by atoms with van der Waals surface area (Å²) in [5, 5.41) is 8.96. The van der Waals surface area contributed by atoms with Gasteiger partial charge in [0.1, 0.15) is 5.60 Å². The normalized spacial score (nSPS) is 14.1. The Morgan fingerprint density at radius 2 is 2.05 bits per heavy atom. The average molecular weight is 401 g/mol. The monoisotopic (exact) mass is 401 g/mol. The van der Waals surface area contributed by atoms with Crippen LogP contribution in [0.15, 0.2) is 24.3 Å². The minimum absolute atomic E-state index is 0.303. The fourth-order valence-corrected chi connectivity index (χ4v) is 2.51. The van der Waals surface area contributed by atoms with Crippen molar-refractivity contribution < 1.29 is 14.3 Å². The first kappa shape index (κ1) is 17.9. The predicted octanol–water partition coefficient (Wildman–Crippen LogP) is 3.43. The highest BCUT2D eigenvalue weighted by atomic mass is 127. The number of benzene rings is 1. The van der Waals surface area contributed by atoms with Crippen LogP contribution in [0, 0.1) is 14.9 Å². The predicted molar refractivity (Wildman–Crippen MR) is 88.8 cm³/mol. The SMILES string of the molecule is COC(=O)C(C)(CCOC(C)(C)C#N)c1cccc(I)c1. The van der Waals surface area contributed by atoms with Crippen LogP contribution in [0.4, 0.5) is 0 Å². The molecular weight excluding hydrogens is 381 g/mol. The van der Waals surface area contributed by atoms with Crippen LogP contribution in [0.3, 0.4) is 0 Å². The first-order valence-corrected chi connectivity index (χ1v) is 7.73. The van der Waals surface area contributed by atoms with Gasteiger partial charge >= 0.3 is 5.97 Å².